The van der Waals surface area contributed by atoms with Gasteiger partial charge in [-0.1, -0.05) is 13.3 Å². The van der Waals surface area contributed by atoms with E-state index >= 15 is 0 Å². The average Bonchev–Trinajstić information content (AvgIpc) is 2.62. The van der Waals surface area contributed by atoms with Gasteiger partial charge in [0.25, 0.3) is 5.91 Å². The van der Waals surface area contributed by atoms with Crippen molar-refractivity contribution in [1.82, 2.24) is 10.3 Å². The maximum absolute atomic E-state index is 11.5. The van der Waals surface area contributed by atoms with E-state index in [9.17, 15) is 9.90 Å². The molecule has 15 heavy (non-hydrogen) atoms. The van der Waals surface area contributed by atoms with Crippen LogP contribution in [-0.4, -0.2) is 28.6 Å². The predicted octanol–water partition coefficient (Wildman–Crippen LogP) is 1.67. The van der Waals surface area contributed by atoms with Crippen LogP contribution in [0.2, 0.25) is 0 Å². The van der Waals surface area contributed by atoms with Crippen molar-refractivity contribution in [3.63, 3.8) is 0 Å². The highest BCUT2D eigenvalue weighted by atomic mass is 79.9. The standard InChI is InChI=1S/C10H15BrN2O2/c1-2-3-8(14)6-13-10(15)9-4-7(11)5-12-9/h4-5,8,12,14H,2-3,6H2,1H3,(H,13,15). The van der Waals surface area contributed by atoms with E-state index in [4.69, 9.17) is 0 Å². The number of H-pyrrole nitrogens is 1. The van der Waals surface area contributed by atoms with Gasteiger partial charge in [-0.2, -0.15) is 0 Å². The van der Waals surface area contributed by atoms with Gasteiger partial charge in [-0.25, -0.2) is 0 Å². The monoisotopic (exact) mass is 274 g/mol. The van der Waals surface area contributed by atoms with Crippen molar-refractivity contribution in [2.75, 3.05) is 6.54 Å². The Morgan fingerprint density at radius 1 is 1.73 bits per heavy atom. The number of nitrogens with one attached hydrogen (secondary N) is 2. The number of rotatable bonds is 5. The summed E-state index contributed by atoms with van der Waals surface area (Å²) in [4.78, 5) is 14.3. The zero-order chi connectivity index (χ0) is 11.3. The fourth-order valence-corrected chi connectivity index (χ4v) is 1.58. The van der Waals surface area contributed by atoms with E-state index in [2.05, 4.69) is 26.2 Å². The number of hydrogen-bond acceptors (Lipinski definition) is 2. The van der Waals surface area contributed by atoms with Crippen LogP contribution in [0, 0.1) is 0 Å². The Bertz CT molecular complexity index is 325. The fourth-order valence-electron chi connectivity index (χ4n) is 1.24. The normalized spacial score (nSPS) is 12.5. The second-order valence-electron chi connectivity index (χ2n) is 3.38. The molecule has 84 valence electrons. The first-order valence-corrected chi connectivity index (χ1v) is 5.73. The number of aliphatic hydroxyl groups is 1. The van der Waals surface area contributed by atoms with Gasteiger partial charge in [-0.15, -0.1) is 0 Å². The summed E-state index contributed by atoms with van der Waals surface area (Å²) >= 11 is 3.24. The molecule has 1 unspecified atom stereocenters. The number of hydrogen-bond donors (Lipinski definition) is 3. The summed E-state index contributed by atoms with van der Waals surface area (Å²) in [6, 6.07) is 1.70. The highest BCUT2D eigenvalue weighted by Gasteiger charge is 2.09. The van der Waals surface area contributed by atoms with E-state index in [-0.39, 0.29) is 5.91 Å². The van der Waals surface area contributed by atoms with E-state index in [1.807, 2.05) is 6.92 Å². The van der Waals surface area contributed by atoms with Crippen LogP contribution in [0.4, 0.5) is 0 Å². The summed E-state index contributed by atoms with van der Waals surface area (Å²) in [5.41, 5.74) is 0.491. The number of aliphatic hydroxyl groups excluding tert-OH is 1. The molecule has 1 rings (SSSR count). The van der Waals surface area contributed by atoms with Crippen LogP contribution in [0.15, 0.2) is 16.7 Å². The summed E-state index contributed by atoms with van der Waals surface area (Å²) in [6.45, 7) is 2.29. The van der Waals surface area contributed by atoms with Crippen LogP contribution in [0.3, 0.4) is 0 Å². The first kappa shape index (κ1) is 12.3. The summed E-state index contributed by atoms with van der Waals surface area (Å²) < 4.78 is 0.835. The van der Waals surface area contributed by atoms with Gasteiger partial charge in [0.15, 0.2) is 0 Å². The van der Waals surface area contributed by atoms with E-state index < -0.39 is 6.10 Å². The topological polar surface area (TPSA) is 65.1 Å². The lowest BCUT2D eigenvalue weighted by molar-refractivity contribution is 0.0906. The molecule has 0 spiro atoms. The molecule has 0 aliphatic rings. The van der Waals surface area contributed by atoms with Crippen LogP contribution in [0.25, 0.3) is 0 Å². The van der Waals surface area contributed by atoms with Crippen molar-refractivity contribution in [3.8, 4) is 0 Å². The summed E-state index contributed by atoms with van der Waals surface area (Å²) in [5, 5.41) is 12.1. The van der Waals surface area contributed by atoms with Crippen molar-refractivity contribution >= 4 is 21.8 Å². The van der Waals surface area contributed by atoms with Gasteiger partial charge in [-0.05, 0) is 28.4 Å². The van der Waals surface area contributed by atoms with Gasteiger partial charge in [0.1, 0.15) is 5.69 Å². The second-order valence-corrected chi connectivity index (χ2v) is 4.30. The Kier molecular flexibility index (Phi) is 4.84. The maximum atomic E-state index is 11.5. The van der Waals surface area contributed by atoms with Gasteiger partial charge in [0.2, 0.25) is 0 Å². The van der Waals surface area contributed by atoms with Crippen LogP contribution in [-0.2, 0) is 0 Å². The minimum absolute atomic E-state index is 0.198. The minimum Gasteiger partial charge on any atom is -0.391 e. The quantitative estimate of drug-likeness (QED) is 0.765. The van der Waals surface area contributed by atoms with Crippen LogP contribution in [0.5, 0.6) is 0 Å². The first-order chi connectivity index (χ1) is 7.13. The van der Waals surface area contributed by atoms with Gasteiger partial charge in [-0.3, -0.25) is 4.79 Å². The lowest BCUT2D eigenvalue weighted by atomic mass is 10.2. The molecule has 1 aromatic rings. The Morgan fingerprint density at radius 3 is 3.00 bits per heavy atom. The number of aromatic amines is 1. The van der Waals surface area contributed by atoms with Crippen molar-refractivity contribution < 1.29 is 9.90 Å². The molecule has 5 heteroatoms. The average molecular weight is 275 g/mol. The molecule has 1 heterocycles. The molecule has 1 atom stereocenters. The molecule has 0 radical (unpaired) electrons. The lowest BCUT2D eigenvalue weighted by Gasteiger charge is -2.09. The largest absolute Gasteiger partial charge is 0.391 e. The number of halogens is 1. The van der Waals surface area contributed by atoms with Gasteiger partial charge < -0.3 is 15.4 Å². The van der Waals surface area contributed by atoms with Crippen molar-refractivity contribution in [2.45, 2.75) is 25.9 Å². The van der Waals surface area contributed by atoms with E-state index in [1.54, 1.807) is 12.3 Å². The van der Waals surface area contributed by atoms with Crippen LogP contribution < -0.4 is 5.32 Å². The molecule has 0 fully saturated rings. The zero-order valence-corrected chi connectivity index (χ0v) is 10.2. The first-order valence-electron chi connectivity index (χ1n) is 4.93. The summed E-state index contributed by atoms with van der Waals surface area (Å²) in [7, 11) is 0. The molecule has 0 saturated heterocycles. The summed E-state index contributed by atoms with van der Waals surface area (Å²) in [5.74, 6) is -0.198. The molecule has 0 saturated carbocycles. The smallest absolute Gasteiger partial charge is 0.267 e. The molecule has 1 amide bonds. The molecular weight excluding hydrogens is 260 g/mol. The number of carbonyl (C=O) groups is 1. The molecule has 0 aromatic carbocycles. The Labute approximate surface area is 97.2 Å². The second kappa shape index (κ2) is 5.92. The Hall–Kier alpha value is -0.810. The van der Waals surface area contributed by atoms with E-state index in [0.29, 0.717) is 18.7 Å². The van der Waals surface area contributed by atoms with Crippen LogP contribution >= 0.6 is 15.9 Å². The SMILES string of the molecule is CCCC(O)CNC(=O)c1cc(Br)c[nH]1. The number of amides is 1. The number of aromatic nitrogens is 1. The highest BCUT2D eigenvalue weighted by Crippen LogP contribution is 2.10. The third-order valence-corrected chi connectivity index (χ3v) is 2.47. The molecule has 0 aliphatic carbocycles. The molecule has 0 aliphatic heterocycles. The molecule has 4 nitrogen and oxygen atoms in total. The third-order valence-electron chi connectivity index (χ3n) is 2.01. The Balaban J connectivity index is 2.36. The highest BCUT2D eigenvalue weighted by molar-refractivity contribution is 9.10. The lowest BCUT2D eigenvalue weighted by Crippen LogP contribution is -2.32. The zero-order valence-electron chi connectivity index (χ0n) is 8.59. The van der Waals surface area contributed by atoms with Gasteiger partial charge in [0.05, 0.1) is 6.10 Å². The fraction of sp³-hybridized carbons (Fsp3) is 0.500. The third kappa shape index (κ3) is 4.05. The number of carbonyl (C=O) groups excluding carboxylic acids is 1. The van der Waals surface area contributed by atoms with Crippen molar-refractivity contribution in [3.05, 3.63) is 22.4 Å². The molecule has 0 bridgehead atoms. The summed E-state index contributed by atoms with van der Waals surface area (Å²) in [6.07, 6.45) is 2.84. The van der Waals surface area contributed by atoms with Crippen molar-refractivity contribution in [2.24, 2.45) is 0 Å². The Morgan fingerprint density at radius 2 is 2.47 bits per heavy atom. The van der Waals surface area contributed by atoms with E-state index in [1.165, 1.54) is 0 Å². The maximum Gasteiger partial charge on any atom is 0.267 e. The van der Waals surface area contributed by atoms with Crippen LogP contribution in [0.1, 0.15) is 30.3 Å². The van der Waals surface area contributed by atoms with Gasteiger partial charge in [0, 0.05) is 17.2 Å². The van der Waals surface area contributed by atoms with Gasteiger partial charge >= 0.3 is 0 Å². The molecule has 3 N–H and O–H groups in total. The molecular formula is C10H15BrN2O2. The van der Waals surface area contributed by atoms with Crippen molar-refractivity contribution in [1.29, 1.82) is 0 Å². The van der Waals surface area contributed by atoms with E-state index in [0.717, 1.165) is 10.9 Å². The predicted molar refractivity (Wildman–Crippen MR) is 61.7 cm³/mol. The molecule has 1 aromatic heterocycles. The minimum atomic E-state index is -0.461.